The molecule has 0 fully saturated rings. The van der Waals surface area contributed by atoms with Gasteiger partial charge in [0.15, 0.2) is 0 Å². The van der Waals surface area contributed by atoms with E-state index in [-0.39, 0.29) is 0 Å². The standard InChI is InChI=1S/C11H24N2/c1-5-7-11(12)13-10(4)8-9(3)6-2/h9-10H,5-8H2,1-4H3,(H2,12,13). The summed E-state index contributed by atoms with van der Waals surface area (Å²) in [6.45, 7) is 8.76. The average molecular weight is 184 g/mol. The number of amidine groups is 1. The molecule has 2 N–H and O–H groups in total. The van der Waals surface area contributed by atoms with Crippen molar-refractivity contribution >= 4 is 5.84 Å². The molecule has 2 heteroatoms. The summed E-state index contributed by atoms with van der Waals surface area (Å²) in [5.41, 5.74) is 5.75. The molecule has 0 aromatic carbocycles. The fourth-order valence-electron chi connectivity index (χ4n) is 1.41. The first-order valence-corrected chi connectivity index (χ1v) is 5.42. The van der Waals surface area contributed by atoms with Crippen LogP contribution >= 0.6 is 0 Å². The highest BCUT2D eigenvalue weighted by molar-refractivity contribution is 5.80. The van der Waals surface area contributed by atoms with Crippen molar-refractivity contribution in [2.45, 2.75) is 59.4 Å². The third-order valence-electron chi connectivity index (χ3n) is 2.33. The van der Waals surface area contributed by atoms with Crippen LogP contribution in [-0.4, -0.2) is 11.9 Å². The van der Waals surface area contributed by atoms with Gasteiger partial charge < -0.3 is 5.73 Å². The number of hydrogen-bond acceptors (Lipinski definition) is 1. The molecule has 0 aromatic rings. The zero-order valence-corrected chi connectivity index (χ0v) is 9.51. The monoisotopic (exact) mass is 184 g/mol. The Kier molecular flexibility index (Phi) is 6.65. The maximum absolute atomic E-state index is 5.75. The van der Waals surface area contributed by atoms with Gasteiger partial charge in [0.05, 0.1) is 5.84 Å². The summed E-state index contributed by atoms with van der Waals surface area (Å²) in [5, 5.41) is 0. The molecule has 0 aliphatic heterocycles. The first-order valence-electron chi connectivity index (χ1n) is 5.42. The lowest BCUT2D eigenvalue weighted by Gasteiger charge is -2.12. The topological polar surface area (TPSA) is 38.4 Å². The summed E-state index contributed by atoms with van der Waals surface area (Å²) in [7, 11) is 0. The van der Waals surface area contributed by atoms with Crippen LogP contribution in [0.2, 0.25) is 0 Å². The molecule has 0 aliphatic rings. The van der Waals surface area contributed by atoms with Gasteiger partial charge in [-0.2, -0.15) is 0 Å². The average Bonchev–Trinajstić information content (AvgIpc) is 2.04. The first-order chi connectivity index (χ1) is 6.10. The van der Waals surface area contributed by atoms with Crippen molar-refractivity contribution in [3.05, 3.63) is 0 Å². The summed E-state index contributed by atoms with van der Waals surface area (Å²) in [6.07, 6.45) is 4.41. The van der Waals surface area contributed by atoms with Gasteiger partial charge in [-0.25, -0.2) is 0 Å². The fraction of sp³-hybridized carbons (Fsp3) is 0.909. The van der Waals surface area contributed by atoms with E-state index in [9.17, 15) is 0 Å². The molecule has 0 saturated heterocycles. The van der Waals surface area contributed by atoms with Crippen LogP contribution in [0.3, 0.4) is 0 Å². The van der Waals surface area contributed by atoms with Gasteiger partial charge in [-0.1, -0.05) is 27.2 Å². The van der Waals surface area contributed by atoms with Crippen molar-refractivity contribution < 1.29 is 0 Å². The van der Waals surface area contributed by atoms with Gasteiger partial charge in [0.2, 0.25) is 0 Å². The maximum atomic E-state index is 5.75. The van der Waals surface area contributed by atoms with Gasteiger partial charge >= 0.3 is 0 Å². The van der Waals surface area contributed by atoms with E-state index >= 15 is 0 Å². The van der Waals surface area contributed by atoms with Crippen LogP contribution in [0, 0.1) is 5.92 Å². The van der Waals surface area contributed by atoms with E-state index < -0.39 is 0 Å². The van der Waals surface area contributed by atoms with Gasteiger partial charge in [0, 0.05) is 12.5 Å². The van der Waals surface area contributed by atoms with Gasteiger partial charge in [0.25, 0.3) is 0 Å². The highest BCUT2D eigenvalue weighted by atomic mass is 14.9. The van der Waals surface area contributed by atoms with Crippen LogP contribution in [0.15, 0.2) is 4.99 Å². The predicted molar refractivity (Wildman–Crippen MR) is 60.1 cm³/mol. The van der Waals surface area contributed by atoms with Crippen molar-refractivity contribution in [1.82, 2.24) is 0 Å². The summed E-state index contributed by atoms with van der Waals surface area (Å²) in [5.74, 6) is 1.58. The quantitative estimate of drug-likeness (QED) is 0.500. The third-order valence-corrected chi connectivity index (χ3v) is 2.33. The Morgan fingerprint density at radius 2 is 1.92 bits per heavy atom. The zero-order chi connectivity index (χ0) is 10.3. The highest BCUT2D eigenvalue weighted by Gasteiger charge is 2.05. The van der Waals surface area contributed by atoms with E-state index in [0.29, 0.717) is 6.04 Å². The molecule has 0 saturated carbocycles. The molecular formula is C11H24N2. The van der Waals surface area contributed by atoms with Gasteiger partial charge in [0.1, 0.15) is 0 Å². The van der Waals surface area contributed by atoms with Crippen LogP contribution in [0.5, 0.6) is 0 Å². The predicted octanol–water partition coefficient (Wildman–Crippen LogP) is 2.97. The van der Waals surface area contributed by atoms with Crippen LogP contribution < -0.4 is 5.73 Å². The van der Waals surface area contributed by atoms with Gasteiger partial charge in [-0.15, -0.1) is 0 Å². The minimum atomic E-state index is 0.390. The third kappa shape index (κ3) is 6.62. The Morgan fingerprint density at radius 3 is 2.38 bits per heavy atom. The minimum absolute atomic E-state index is 0.390. The Bertz CT molecular complexity index is 152. The van der Waals surface area contributed by atoms with Crippen molar-refractivity contribution in [1.29, 1.82) is 0 Å². The normalized spacial score (nSPS) is 17.1. The van der Waals surface area contributed by atoms with Crippen molar-refractivity contribution in [2.75, 3.05) is 0 Å². The molecule has 0 amide bonds. The Labute approximate surface area is 82.6 Å². The molecule has 0 spiro atoms. The summed E-state index contributed by atoms with van der Waals surface area (Å²) >= 11 is 0. The molecule has 78 valence electrons. The van der Waals surface area contributed by atoms with Crippen LogP contribution in [0.25, 0.3) is 0 Å². The molecule has 13 heavy (non-hydrogen) atoms. The molecule has 0 aromatic heterocycles. The number of nitrogens with two attached hydrogens (primary N) is 1. The first kappa shape index (κ1) is 12.5. The minimum Gasteiger partial charge on any atom is -0.387 e. The summed E-state index contributed by atoms with van der Waals surface area (Å²) in [4.78, 5) is 4.45. The van der Waals surface area contributed by atoms with E-state index in [0.717, 1.165) is 31.0 Å². The smallest absolute Gasteiger partial charge is 0.0940 e. The molecule has 0 bridgehead atoms. The van der Waals surface area contributed by atoms with E-state index in [4.69, 9.17) is 5.73 Å². The second-order valence-electron chi connectivity index (χ2n) is 3.97. The maximum Gasteiger partial charge on any atom is 0.0940 e. The van der Waals surface area contributed by atoms with Gasteiger partial charge in [-0.05, 0) is 25.7 Å². The Balaban J connectivity index is 3.83. The largest absolute Gasteiger partial charge is 0.387 e. The lowest BCUT2D eigenvalue weighted by molar-refractivity contribution is 0.470. The van der Waals surface area contributed by atoms with Crippen molar-refractivity contribution in [3.8, 4) is 0 Å². The number of hydrogen-bond donors (Lipinski definition) is 1. The SMILES string of the molecule is CCCC(N)=NC(C)CC(C)CC. The van der Waals surface area contributed by atoms with Crippen LogP contribution in [0.1, 0.15) is 53.4 Å². The van der Waals surface area contributed by atoms with Crippen LogP contribution in [-0.2, 0) is 0 Å². The van der Waals surface area contributed by atoms with Gasteiger partial charge in [-0.3, -0.25) is 4.99 Å². The number of rotatable bonds is 6. The van der Waals surface area contributed by atoms with E-state index in [1.165, 1.54) is 6.42 Å². The van der Waals surface area contributed by atoms with E-state index in [2.05, 4.69) is 32.7 Å². The molecule has 2 nitrogen and oxygen atoms in total. The summed E-state index contributed by atoms with van der Waals surface area (Å²) < 4.78 is 0. The molecule has 2 atom stereocenters. The number of aliphatic imine (C=N–C) groups is 1. The highest BCUT2D eigenvalue weighted by Crippen LogP contribution is 2.11. The second-order valence-corrected chi connectivity index (χ2v) is 3.97. The fourth-order valence-corrected chi connectivity index (χ4v) is 1.41. The van der Waals surface area contributed by atoms with E-state index in [1.54, 1.807) is 0 Å². The molecule has 2 unspecified atom stereocenters. The molecule has 0 heterocycles. The molecule has 0 aliphatic carbocycles. The molecule has 0 rings (SSSR count). The summed E-state index contributed by atoms with van der Waals surface area (Å²) in [6, 6.07) is 0.390. The molecular weight excluding hydrogens is 160 g/mol. The second kappa shape index (κ2) is 6.93. The van der Waals surface area contributed by atoms with Crippen LogP contribution in [0.4, 0.5) is 0 Å². The lowest BCUT2D eigenvalue weighted by atomic mass is 10.0. The van der Waals surface area contributed by atoms with Crippen molar-refractivity contribution in [2.24, 2.45) is 16.6 Å². The Morgan fingerprint density at radius 1 is 1.31 bits per heavy atom. The zero-order valence-electron chi connectivity index (χ0n) is 9.51. The Hall–Kier alpha value is -0.530. The lowest BCUT2D eigenvalue weighted by Crippen LogP contribution is -2.16. The van der Waals surface area contributed by atoms with Crippen molar-refractivity contribution in [3.63, 3.8) is 0 Å². The number of nitrogens with zero attached hydrogens (tertiary/aromatic N) is 1. The van der Waals surface area contributed by atoms with E-state index in [1.807, 2.05) is 0 Å². The molecule has 0 radical (unpaired) electrons.